The number of rotatable bonds is 4. The largest absolute Gasteiger partial charge is 0.419 e. The molecule has 0 fully saturated rings. The van der Waals surface area contributed by atoms with Crippen LogP contribution in [0.2, 0.25) is 0 Å². The van der Waals surface area contributed by atoms with Crippen LogP contribution in [0.15, 0.2) is 59.0 Å². The Kier molecular flexibility index (Phi) is 4.81. The third kappa shape index (κ3) is 3.78. The van der Waals surface area contributed by atoms with Crippen LogP contribution in [0.1, 0.15) is 50.6 Å². The van der Waals surface area contributed by atoms with Gasteiger partial charge >= 0.3 is 0 Å². The summed E-state index contributed by atoms with van der Waals surface area (Å²) >= 11 is 0. The molecule has 0 spiro atoms. The van der Waals surface area contributed by atoms with Gasteiger partial charge in [0.15, 0.2) is 0 Å². The third-order valence-corrected chi connectivity index (χ3v) is 4.38. The molecule has 1 unspecified atom stereocenters. The Bertz CT molecular complexity index is 913. The Hall–Kier alpha value is -3.06. The summed E-state index contributed by atoms with van der Waals surface area (Å²) in [6.45, 7) is 8.55. The van der Waals surface area contributed by atoms with Gasteiger partial charge in [0.2, 0.25) is 17.5 Å². The lowest BCUT2D eigenvalue weighted by Gasteiger charge is -2.18. The summed E-state index contributed by atoms with van der Waals surface area (Å²) in [5, 5.41) is 12.7. The first-order chi connectivity index (χ1) is 12.4. The van der Waals surface area contributed by atoms with Gasteiger partial charge in [-0.15, -0.1) is 0 Å². The van der Waals surface area contributed by atoms with Gasteiger partial charge in [-0.2, -0.15) is 10.2 Å². The number of anilines is 1. The van der Waals surface area contributed by atoms with Gasteiger partial charge in [-0.05, 0) is 35.6 Å². The lowest BCUT2D eigenvalue weighted by atomic mass is 9.87. The van der Waals surface area contributed by atoms with Crippen LogP contribution in [0.4, 0.5) is 5.88 Å². The standard InChI is InChI=1S/C22H23N3O/c1-15(16-8-6-5-7-9-16)24-21-19(14-23)25-20(26-21)17-10-12-18(13-11-17)22(2,3)4/h5-13,15,24H,1-4H3. The Morgan fingerprint density at radius 1 is 1.04 bits per heavy atom. The van der Waals surface area contributed by atoms with Crippen LogP contribution >= 0.6 is 0 Å². The molecule has 3 rings (SSSR count). The molecule has 132 valence electrons. The summed E-state index contributed by atoms with van der Waals surface area (Å²) in [5.74, 6) is 0.850. The molecule has 0 saturated carbocycles. The van der Waals surface area contributed by atoms with Crippen molar-refractivity contribution in [3.8, 4) is 17.5 Å². The number of nitriles is 1. The lowest BCUT2D eigenvalue weighted by Crippen LogP contribution is -2.10. The van der Waals surface area contributed by atoms with Gasteiger partial charge in [-0.25, -0.2) is 0 Å². The maximum atomic E-state index is 9.40. The Labute approximate surface area is 154 Å². The molecule has 0 radical (unpaired) electrons. The van der Waals surface area contributed by atoms with Crippen molar-refractivity contribution < 1.29 is 4.42 Å². The van der Waals surface area contributed by atoms with E-state index in [0.29, 0.717) is 11.8 Å². The zero-order valence-corrected chi connectivity index (χ0v) is 15.6. The predicted molar refractivity (Wildman–Crippen MR) is 104 cm³/mol. The van der Waals surface area contributed by atoms with Crippen LogP contribution in [0.25, 0.3) is 11.5 Å². The molecule has 4 heteroatoms. The zero-order valence-electron chi connectivity index (χ0n) is 15.6. The van der Waals surface area contributed by atoms with Crippen LogP contribution in [-0.2, 0) is 5.41 Å². The number of oxazole rings is 1. The number of nitrogens with one attached hydrogen (secondary N) is 1. The molecule has 0 amide bonds. The molecule has 0 aliphatic carbocycles. The lowest BCUT2D eigenvalue weighted by molar-refractivity contribution is 0.576. The highest BCUT2D eigenvalue weighted by Crippen LogP contribution is 2.30. The van der Waals surface area contributed by atoms with E-state index >= 15 is 0 Å². The fraction of sp³-hybridized carbons (Fsp3) is 0.273. The van der Waals surface area contributed by atoms with Gasteiger partial charge in [0, 0.05) is 5.56 Å². The highest BCUT2D eigenvalue weighted by molar-refractivity contribution is 5.59. The Balaban J connectivity index is 1.86. The van der Waals surface area contributed by atoms with Crippen LogP contribution in [-0.4, -0.2) is 4.98 Å². The highest BCUT2D eigenvalue weighted by atomic mass is 16.4. The number of aromatic nitrogens is 1. The summed E-state index contributed by atoms with van der Waals surface area (Å²) in [6.07, 6.45) is 0. The Morgan fingerprint density at radius 2 is 1.69 bits per heavy atom. The quantitative estimate of drug-likeness (QED) is 0.660. The second-order valence-corrected chi connectivity index (χ2v) is 7.41. The van der Waals surface area contributed by atoms with E-state index in [1.165, 1.54) is 5.56 Å². The Morgan fingerprint density at radius 3 is 2.27 bits per heavy atom. The van der Waals surface area contributed by atoms with E-state index in [4.69, 9.17) is 4.42 Å². The minimum absolute atomic E-state index is 0.00682. The summed E-state index contributed by atoms with van der Waals surface area (Å²) in [7, 11) is 0. The SMILES string of the molecule is CC(Nc1oc(-c2ccc(C(C)(C)C)cc2)nc1C#N)c1ccccc1. The fourth-order valence-electron chi connectivity index (χ4n) is 2.75. The molecule has 1 aromatic heterocycles. The average molecular weight is 345 g/mol. The summed E-state index contributed by atoms with van der Waals surface area (Å²) in [5.41, 5.74) is 3.57. The van der Waals surface area contributed by atoms with Crippen molar-refractivity contribution in [2.75, 3.05) is 5.32 Å². The van der Waals surface area contributed by atoms with Gasteiger partial charge in [0.05, 0.1) is 6.04 Å². The fourth-order valence-corrected chi connectivity index (χ4v) is 2.75. The number of hydrogen-bond donors (Lipinski definition) is 1. The van der Waals surface area contributed by atoms with Crippen LogP contribution in [0.3, 0.4) is 0 Å². The average Bonchev–Trinajstić information content (AvgIpc) is 3.04. The molecule has 1 atom stereocenters. The predicted octanol–water partition coefficient (Wildman–Crippen LogP) is 5.68. The van der Waals surface area contributed by atoms with Crippen LogP contribution in [0.5, 0.6) is 0 Å². The molecule has 2 aromatic carbocycles. The van der Waals surface area contributed by atoms with E-state index in [1.54, 1.807) is 0 Å². The van der Waals surface area contributed by atoms with Gasteiger partial charge < -0.3 is 9.73 Å². The molecule has 0 saturated heterocycles. The molecule has 26 heavy (non-hydrogen) atoms. The van der Waals surface area contributed by atoms with E-state index in [0.717, 1.165) is 11.1 Å². The maximum absolute atomic E-state index is 9.40. The van der Waals surface area contributed by atoms with Crippen molar-refractivity contribution >= 4 is 5.88 Å². The molecule has 0 bridgehead atoms. The van der Waals surface area contributed by atoms with Gasteiger partial charge in [0.25, 0.3) is 0 Å². The first-order valence-corrected chi connectivity index (χ1v) is 8.72. The summed E-state index contributed by atoms with van der Waals surface area (Å²) in [6, 6.07) is 20.3. The second-order valence-electron chi connectivity index (χ2n) is 7.41. The molecule has 3 aromatic rings. The summed E-state index contributed by atoms with van der Waals surface area (Å²) in [4.78, 5) is 4.35. The van der Waals surface area contributed by atoms with E-state index < -0.39 is 0 Å². The normalized spacial score (nSPS) is 12.4. The van der Waals surface area contributed by atoms with Crippen molar-refractivity contribution in [3.63, 3.8) is 0 Å². The highest BCUT2D eigenvalue weighted by Gasteiger charge is 2.18. The van der Waals surface area contributed by atoms with Crippen LogP contribution < -0.4 is 5.32 Å². The van der Waals surface area contributed by atoms with E-state index in [-0.39, 0.29) is 17.2 Å². The number of benzene rings is 2. The first-order valence-electron chi connectivity index (χ1n) is 8.72. The maximum Gasteiger partial charge on any atom is 0.233 e. The van der Waals surface area contributed by atoms with Crippen molar-refractivity contribution in [2.45, 2.75) is 39.2 Å². The molecular weight excluding hydrogens is 322 g/mol. The number of nitrogens with zero attached hydrogens (tertiary/aromatic N) is 2. The third-order valence-electron chi connectivity index (χ3n) is 4.38. The molecule has 1 N–H and O–H groups in total. The van der Waals surface area contributed by atoms with Crippen molar-refractivity contribution in [1.29, 1.82) is 5.26 Å². The smallest absolute Gasteiger partial charge is 0.233 e. The van der Waals surface area contributed by atoms with Gasteiger partial charge in [-0.3, -0.25) is 0 Å². The topological polar surface area (TPSA) is 61.9 Å². The van der Waals surface area contributed by atoms with Crippen molar-refractivity contribution in [2.24, 2.45) is 0 Å². The monoisotopic (exact) mass is 345 g/mol. The molecule has 1 heterocycles. The number of hydrogen-bond acceptors (Lipinski definition) is 4. The van der Waals surface area contributed by atoms with E-state index in [2.05, 4.69) is 49.3 Å². The summed E-state index contributed by atoms with van der Waals surface area (Å²) < 4.78 is 5.86. The minimum atomic E-state index is 0.00682. The van der Waals surface area contributed by atoms with E-state index in [1.807, 2.05) is 49.4 Å². The first kappa shape index (κ1) is 17.8. The molecule has 0 aliphatic rings. The van der Waals surface area contributed by atoms with Gasteiger partial charge in [-0.1, -0.05) is 63.2 Å². The molecule has 0 aliphatic heterocycles. The second kappa shape index (κ2) is 7.05. The van der Waals surface area contributed by atoms with Crippen molar-refractivity contribution in [1.82, 2.24) is 4.98 Å². The zero-order chi connectivity index (χ0) is 18.7. The van der Waals surface area contributed by atoms with E-state index in [9.17, 15) is 5.26 Å². The van der Waals surface area contributed by atoms with Gasteiger partial charge in [0.1, 0.15) is 6.07 Å². The van der Waals surface area contributed by atoms with Crippen molar-refractivity contribution in [3.05, 3.63) is 71.4 Å². The molecule has 4 nitrogen and oxygen atoms in total. The molecular formula is C22H23N3O. The van der Waals surface area contributed by atoms with Crippen LogP contribution in [0, 0.1) is 11.3 Å². The minimum Gasteiger partial charge on any atom is -0.419 e.